The van der Waals surface area contributed by atoms with Crippen LogP contribution in [0.15, 0.2) is 54.6 Å². The summed E-state index contributed by atoms with van der Waals surface area (Å²) in [6.07, 6.45) is 0.582. The van der Waals surface area contributed by atoms with Crippen LogP contribution in [0, 0.1) is 0 Å². The van der Waals surface area contributed by atoms with Crippen LogP contribution in [0.4, 0.5) is 5.69 Å². The second kappa shape index (κ2) is 5.65. The van der Waals surface area contributed by atoms with E-state index < -0.39 is 0 Å². The molecule has 0 saturated carbocycles. The third-order valence-corrected chi connectivity index (χ3v) is 5.75. The maximum atomic E-state index is 13.2. The Morgan fingerprint density at radius 1 is 1.12 bits per heavy atom. The second-order valence-electron chi connectivity index (χ2n) is 6.68. The van der Waals surface area contributed by atoms with Gasteiger partial charge >= 0.3 is 0 Å². The topological polar surface area (TPSA) is 59.6 Å². The number of H-pyrrole nitrogens is 1. The number of anilines is 1. The molecule has 2 aliphatic rings. The first-order chi connectivity index (χ1) is 12.7. The van der Waals surface area contributed by atoms with Gasteiger partial charge in [0.25, 0.3) is 5.91 Å². The lowest BCUT2D eigenvalue weighted by Crippen LogP contribution is -2.44. The Hall–Kier alpha value is -2.70. The highest BCUT2D eigenvalue weighted by molar-refractivity contribution is 7.80. The van der Waals surface area contributed by atoms with Crippen molar-refractivity contribution in [2.45, 2.75) is 18.5 Å². The predicted molar refractivity (Wildman–Crippen MR) is 104 cm³/mol. The van der Waals surface area contributed by atoms with Crippen molar-refractivity contribution in [3.63, 3.8) is 0 Å². The molecule has 3 aromatic rings. The number of hydrogen-bond donors (Lipinski definition) is 2. The number of carbonyl (C=O) groups excluding carboxylic acids is 1. The van der Waals surface area contributed by atoms with Crippen LogP contribution in [-0.2, 0) is 11.2 Å². The molecule has 2 aliphatic heterocycles. The van der Waals surface area contributed by atoms with Gasteiger partial charge in [-0.1, -0.05) is 36.4 Å². The highest BCUT2D eigenvalue weighted by Crippen LogP contribution is 2.41. The number of nitrogens with one attached hydrogen (secondary N) is 1. The molecule has 2 aromatic carbocycles. The van der Waals surface area contributed by atoms with Gasteiger partial charge in [0.2, 0.25) is 0 Å². The molecule has 26 heavy (non-hydrogen) atoms. The maximum absolute atomic E-state index is 13.2. The number of aromatic amines is 1. The minimum absolute atomic E-state index is 0.0319. The first-order valence-electron chi connectivity index (χ1n) is 8.62. The first kappa shape index (κ1) is 15.5. The number of amides is 1. The number of aliphatic hydroxyl groups excluding tert-OH is 1. The Kier molecular flexibility index (Phi) is 3.38. The number of aromatic nitrogens is 1. The number of carbonyl (C=O) groups is 1. The lowest BCUT2D eigenvalue weighted by molar-refractivity contribution is -0.120. The van der Waals surface area contributed by atoms with Crippen molar-refractivity contribution < 1.29 is 9.90 Å². The molecule has 3 heterocycles. The molecule has 0 radical (unpaired) electrons. The van der Waals surface area contributed by atoms with Gasteiger partial charge in [0.05, 0.1) is 18.3 Å². The molecule has 1 aromatic heterocycles. The molecule has 6 heteroatoms. The van der Waals surface area contributed by atoms with Crippen LogP contribution in [0.25, 0.3) is 10.9 Å². The molecule has 2 unspecified atom stereocenters. The molecule has 0 bridgehead atoms. The van der Waals surface area contributed by atoms with Gasteiger partial charge in [-0.2, -0.15) is 0 Å². The molecule has 130 valence electrons. The normalized spacial score (nSPS) is 22.0. The number of aliphatic hydroxyl groups is 1. The Labute approximate surface area is 155 Å². The van der Waals surface area contributed by atoms with Crippen molar-refractivity contribution in [2.75, 3.05) is 11.5 Å². The third kappa shape index (κ3) is 2.00. The molecule has 2 atom stereocenters. The molecule has 1 saturated heterocycles. The Bertz CT molecular complexity index is 1030. The molecule has 2 N–H and O–H groups in total. The van der Waals surface area contributed by atoms with Crippen molar-refractivity contribution in [1.82, 2.24) is 9.88 Å². The van der Waals surface area contributed by atoms with Gasteiger partial charge in [-0.15, -0.1) is 0 Å². The van der Waals surface area contributed by atoms with Gasteiger partial charge in [0.15, 0.2) is 5.11 Å². The Balaban J connectivity index is 1.64. The number of fused-ring (bicyclic) bond motifs is 4. The summed E-state index contributed by atoms with van der Waals surface area (Å²) in [4.78, 5) is 20.1. The SMILES string of the molecule is O=C1C2Cc3c([nH]c4ccccc34)C(CO)N2C(=S)N1c1ccccc1. The lowest BCUT2D eigenvalue weighted by atomic mass is 9.93. The average Bonchev–Trinajstić information content (AvgIpc) is 3.16. The van der Waals surface area contributed by atoms with Crippen LogP contribution in [0.1, 0.15) is 17.3 Å². The molecule has 5 nitrogen and oxygen atoms in total. The summed E-state index contributed by atoms with van der Waals surface area (Å²) in [5, 5.41) is 11.7. The van der Waals surface area contributed by atoms with E-state index in [0.29, 0.717) is 11.5 Å². The number of thiocarbonyl (C=S) groups is 1. The minimum Gasteiger partial charge on any atom is -0.394 e. The molecule has 0 aliphatic carbocycles. The van der Waals surface area contributed by atoms with Crippen LogP contribution >= 0.6 is 12.2 Å². The largest absolute Gasteiger partial charge is 0.394 e. The summed E-state index contributed by atoms with van der Waals surface area (Å²) < 4.78 is 0. The van der Waals surface area contributed by atoms with Gasteiger partial charge < -0.3 is 15.0 Å². The molecule has 1 fully saturated rings. The Morgan fingerprint density at radius 2 is 1.85 bits per heavy atom. The fourth-order valence-electron chi connectivity index (χ4n) is 4.20. The van der Waals surface area contributed by atoms with Crippen molar-refractivity contribution in [1.29, 1.82) is 0 Å². The second-order valence-corrected chi connectivity index (χ2v) is 7.05. The van der Waals surface area contributed by atoms with E-state index in [2.05, 4.69) is 11.1 Å². The third-order valence-electron chi connectivity index (χ3n) is 5.35. The van der Waals surface area contributed by atoms with Crippen molar-refractivity contribution in [2.24, 2.45) is 0 Å². The van der Waals surface area contributed by atoms with E-state index in [-0.39, 0.29) is 24.6 Å². The van der Waals surface area contributed by atoms with Gasteiger partial charge in [-0.25, -0.2) is 0 Å². The molecule has 0 spiro atoms. The highest BCUT2D eigenvalue weighted by Gasteiger charge is 2.50. The predicted octanol–water partition coefficient (Wildman–Crippen LogP) is 2.76. The van der Waals surface area contributed by atoms with Gasteiger partial charge in [-0.05, 0) is 36.0 Å². The summed E-state index contributed by atoms with van der Waals surface area (Å²) >= 11 is 5.66. The molecule has 1 amide bonds. The summed E-state index contributed by atoms with van der Waals surface area (Å²) in [7, 11) is 0. The van der Waals surface area contributed by atoms with Crippen molar-refractivity contribution in [3.05, 3.63) is 65.9 Å². The van der Waals surface area contributed by atoms with E-state index in [1.807, 2.05) is 53.4 Å². The van der Waals surface area contributed by atoms with Crippen LogP contribution in [-0.4, -0.2) is 38.7 Å². The van der Waals surface area contributed by atoms with Crippen LogP contribution in [0.5, 0.6) is 0 Å². The number of rotatable bonds is 2. The zero-order valence-corrected chi connectivity index (χ0v) is 14.7. The first-order valence-corrected chi connectivity index (χ1v) is 9.03. The van der Waals surface area contributed by atoms with Gasteiger partial charge in [0.1, 0.15) is 6.04 Å². The summed E-state index contributed by atoms with van der Waals surface area (Å²) in [6.45, 7) is -0.105. The monoisotopic (exact) mass is 363 g/mol. The van der Waals surface area contributed by atoms with E-state index >= 15 is 0 Å². The van der Waals surface area contributed by atoms with Crippen molar-refractivity contribution in [3.8, 4) is 0 Å². The van der Waals surface area contributed by atoms with Crippen LogP contribution < -0.4 is 4.90 Å². The van der Waals surface area contributed by atoms with Gasteiger partial charge in [-0.3, -0.25) is 9.69 Å². The summed E-state index contributed by atoms with van der Waals surface area (Å²) in [5.41, 5.74) is 3.85. The number of nitrogens with zero attached hydrogens (tertiary/aromatic N) is 2. The van der Waals surface area contributed by atoms with Crippen LogP contribution in [0.3, 0.4) is 0 Å². The Morgan fingerprint density at radius 3 is 2.62 bits per heavy atom. The number of hydrogen-bond acceptors (Lipinski definition) is 3. The van der Waals surface area contributed by atoms with Crippen molar-refractivity contribution >= 4 is 39.8 Å². The maximum Gasteiger partial charge on any atom is 0.256 e. The van der Waals surface area contributed by atoms with E-state index in [1.165, 1.54) is 0 Å². The zero-order chi connectivity index (χ0) is 17.8. The van der Waals surface area contributed by atoms with Crippen LogP contribution in [0.2, 0.25) is 0 Å². The standard InChI is InChI=1S/C20H17N3O2S/c24-11-17-18-14(13-8-4-5-9-15(13)21-18)10-16-19(25)22(20(26)23(16)17)12-6-2-1-3-7-12/h1-9,16-17,21,24H,10-11H2. The fraction of sp³-hybridized carbons (Fsp3) is 0.200. The molecule has 5 rings (SSSR count). The zero-order valence-electron chi connectivity index (χ0n) is 13.9. The van der Waals surface area contributed by atoms with E-state index in [4.69, 9.17) is 12.2 Å². The summed E-state index contributed by atoms with van der Waals surface area (Å²) in [6, 6.07) is 16.8. The lowest BCUT2D eigenvalue weighted by Gasteiger charge is -2.36. The highest BCUT2D eigenvalue weighted by atomic mass is 32.1. The van der Waals surface area contributed by atoms with E-state index in [0.717, 1.165) is 27.8 Å². The number of benzene rings is 2. The fourth-order valence-corrected chi connectivity index (χ4v) is 4.65. The van der Waals surface area contributed by atoms with E-state index in [9.17, 15) is 9.90 Å². The minimum atomic E-state index is -0.383. The van der Waals surface area contributed by atoms with E-state index in [1.54, 1.807) is 4.90 Å². The van der Waals surface area contributed by atoms with Gasteiger partial charge in [0, 0.05) is 23.0 Å². The smallest absolute Gasteiger partial charge is 0.256 e. The molecular weight excluding hydrogens is 346 g/mol. The molecular formula is C20H17N3O2S. The number of para-hydroxylation sites is 2. The quantitative estimate of drug-likeness (QED) is 0.688. The summed E-state index contributed by atoms with van der Waals surface area (Å²) in [5.74, 6) is -0.0319. The average molecular weight is 363 g/mol.